The lowest BCUT2D eigenvalue weighted by atomic mass is 10.0. The Morgan fingerprint density at radius 3 is 2.95 bits per heavy atom. The second kappa shape index (κ2) is 5.92. The lowest BCUT2D eigenvalue weighted by Crippen LogP contribution is -2.07. The van der Waals surface area contributed by atoms with Gasteiger partial charge >= 0.3 is 7.82 Å². The Labute approximate surface area is 126 Å². The monoisotopic (exact) mass is 327 g/mol. The highest BCUT2D eigenvalue weighted by Gasteiger charge is 2.28. The maximum Gasteiger partial charge on any atom is 0.469 e. The predicted octanol–water partition coefficient (Wildman–Crippen LogP) is 1.25. The van der Waals surface area contributed by atoms with Gasteiger partial charge in [0.25, 0.3) is 0 Å². The van der Waals surface area contributed by atoms with E-state index < -0.39 is 7.82 Å². The summed E-state index contributed by atoms with van der Waals surface area (Å²) in [6.45, 7) is 0.0709. The molecule has 2 atom stereocenters. The number of hydrogen-bond acceptors (Lipinski definition) is 6. The van der Waals surface area contributed by atoms with E-state index in [4.69, 9.17) is 15.5 Å². The minimum atomic E-state index is -4.37. The molecule has 0 aromatic carbocycles. The average molecular weight is 327 g/mol. The second-order valence-electron chi connectivity index (χ2n) is 5.53. The molecule has 2 aromatic rings. The third-order valence-electron chi connectivity index (χ3n) is 4.08. The third-order valence-corrected chi connectivity index (χ3v) is 4.60. The molecule has 0 spiro atoms. The first kappa shape index (κ1) is 15.4. The molecule has 120 valence electrons. The van der Waals surface area contributed by atoms with Crippen LogP contribution in [0.2, 0.25) is 0 Å². The zero-order chi connectivity index (χ0) is 15.7. The molecule has 0 aliphatic heterocycles. The molecule has 0 radical (unpaired) electrons. The number of nitrogens with zero attached hydrogens (tertiary/aromatic N) is 4. The highest BCUT2D eigenvalue weighted by molar-refractivity contribution is 7.46. The molecule has 1 fully saturated rings. The normalized spacial score (nSPS) is 22.5. The number of rotatable bonds is 5. The molecular weight excluding hydrogens is 309 g/mol. The molecule has 3 rings (SSSR count). The Kier molecular flexibility index (Phi) is 4.14. The smallest absolute Gasteiger partial charge is 0.382 e. The fraction of sp³-hybridized carbons (Fsp3) is 0.583. The number of phosphoric ester groups is 1. The Morgan fingerprint density at radius 1 is 1.36 bits per heavy atom. The van der Waals surface area contributed by atoms with Gasteiger partial charge in [-0.2, -0.15) is 0 Å². The van der Waals surface area contributed by atoms with Crippen LogP contribution in [-0.2, 0) is 9.09 Å². The third kappa shape index (κ3) is 3.27. The summed E-state index contributed by atoms with van der Waals surface area (Å²) in [5.74, 6) is 0.738. The van der Waals surface area contributed by atoms with Crippen LogP contribution in [0.4, 0.5) is 5.82 Å². The van der Waals surface area contributed by atoms with Gasteiger partial charge < -0.3 is 20.1 Å². The zero-order valence-electron chi connectivity index (χ0n) is 11.9. The maximum atomic E-state index is 10.7. The van der Waals surface area contributed by atoms with Crippen LogP contribution in [0, 0.1) is 5.92 Å². The van der Waals surface area contributed by atoms with E-state index in [1.165, 1.54) is 6.33 Å². The number of phosphoric acid groups is 1. The van der Waals surface area contributed by atoms with Crippen molar-refractivity contribution in [3.8, 4) is 0 Å². The number of imidazole rings is 1. The largest absolute Gasteiger partial charge is 0.469 e. The van der Waals surface area contributed by atoms with Crippen LogP contribution in [0.15, 0.2) is 12.7 Å². The van der Waals surface area contributed by atoms with Gasteiger partial charge in [-0.15, -0.1) is 0 Å². The van der Waals surface area contributed by atoms with Crippen molar-refractivity contribution in [2.45, 2.75) is 31.7 Å². The van der Waals surface area contributed by atoms with Crippen LogP contribution >= 0.6 is 7.82 Å². The Morgan fingerprint density at radius 2 is 2.18 bits per heavy atom. The molecule has 0 bridgehead atoms. The van der Waals surface area contributed by atoms with Gasteiger partial charge in [-0.1, -0.05) is 0 Å². The number of anilines is 1. The van der Waals surface area contributed by atoms with Crippen molar-refractivity contribution < 1.29 is 18.9 Å². The first-order valence-corrected chi connectivity index (χ1v) is 8.60. The van der Waals surface area contributed by atoms with Crippen molar-refractivity contribution in [3.05, 3.63) is 12.7 Å². The van der Waals surface area contributed by atoms with Crippen molar-refractivity contribution in [1.82, 2.24) is 19.5 Å². The molecule has 2 aromatic heterocycles. The SMILES string of the molecule is Nc1ncnc2c1ncn2[C@H]1CC[C@@H](CCOP(=O)(O)O)C1. The molecule has 22 heavy (non-hydrogen) atoms. The lowest BCUT2D eigenvalue weighted by molar-refractivity contribution is 0.184. The number of fused-ring (bicyclic) bond motifs is 1. The fourth-order valence-corrected chi connectivity index (χ4v) is 3.38. The van der Waals surface area contributed by atoms with E-state index in [1.54, 1.807) is 6.33 Å². The highest BCUT2D eigenvalue weighted by atomic mass is 31.2. The molecule has 1 aliphatic carbocycles. The van der Waals surface area contributed by atoms with Crippen molar-refractivity contribution in [3.63, 3.8) is 0 Å². The number of nitrogen functional groups attached to an aromatic ring is 1. The summed E-state index contributed by atoms with van der Waals surface area (Å²) in [4.78, 5) is 29.8. The van der Waals surface area contributed by atoms with E-state index in [9.17, 15) is 4.57 Å². The maximum absolute atomic E-state index is 10.7. The summed E-state index contributed by atoms with van der Waals surface area (Å²) in [7, 11) is -4.37. The number of hydrogen-bond donors (Lipinski definition) is 3. The molecule has 2 heterocycles. The molecular formula is C12H18N5O4P. The van der Waals surface area contributed by atoms with E-state index in [1.807, 2.05) is 4.57 Å². The molecule has 1 aliphatic rings. The van der Waals surface area contributed by atoms with Crippen LogP contribution in [0.1, 0.15) is 31.7 Å². The van der Waals surface area contributed by atoms with Gasteiger partial charge in [0.1, 0.15) is 11.8 Å². The Bertz CT molecular complexity index is 715. The topological polar surface area (TPSA) is 136 Å². The van der Waals surface area contributed by atoms with Crippen LogP contribution in [0.25, 0.3) is 11.2 Å². The van der Waals surface area contributed by atoms with Gasteiger partial charge in [0.05, 0.1) is 12.9 Å². The van der Waals surface area contributed by atoms with Gasteiger partial charge in [-0.25, -0.2) is 19.5 Å². The van der Waals surface area contributed by atoms with E-state index in [2.05, 4.69) is 19.5 Å². The van der Waals surface area contributed by atoms with Crippen molar-refractivity contribution in [2.24, 2.45) is 5.92 Å². The summed E-state index contributed by atoms with van der Waals surface area (Å²) >= 11 is 0. The summed E-state index contributed by atoms with van der Waals surface area (Å²) in [5, 5.41) is 0. The molecule has 0 unspecified atom stereocenters. The van der Waals surface area contributed by atoms with Gasteiger partial charge in [0.2, 0.25) is 0 Å². The zero-order valence-corrected chi connectivity index (χ0v) is 12.8. The second-order valence-corrected chi connectivity index (χ2v) is 6.77. The van der Waals surface area contributed by atoms with E-state index in [0.29, 0.717) is 23.7 Å². The Balaban J connectivity index is 1.65. The van der Waals surface area contributed by atoms with Crippen LogP contribution in [0.5, 0.6) is 0 Å². The van der Waals surface area contributed by atoms with Crippen LogP contribution in [0.3, 0.4) is 0 Å². The van der Waals surface area contributed by atoms with Crippen LogP contribution < -0.4 is 5.73 Å². The van der Waals surface area contributed by atoms with Crippen LogP contribution in [-0.4, -0.2) is 35.9 Å². The van der Waals surface area contributed by atoms with Gasteiger partial charge in [-0.05, 0) is 31.6 Å². The fourth-order valence-electron chi connectivity index (χ4n) is 3.04. The summed E-state index contributed by atoms with van der Waals surface area (Å²) in [5.41, 5.74) is 7.12. The first-order valence-electron chi connectivity index (χ1n) is 7.07. The Hall–Kier alpha value is -1.54. The van der Waals surface area contributed by atoms with E-state index in [-0.39, 0.29) is 12.6 Å². The summed E-state index contributed by atoms with van der Waals surface area (Å²) in [6, 6.07) is 0.263. The predicted molar refractivity (Wildman–Crippen MR) is 78.7 cm³/mol. The minimum absolute atomic E-state index is 0.0709. The molecule has 10 heteroatoms. The molecule has 4 N–H and O–H groups in total. The van der Waals surface area contributed by atoms with Gasteiger partial charge in [0, 0.05) is 6.04 Å². The van der Waals surface area contributed by atoms with Crippen molar-refractivity contribution in [2.75, 3.05) is 12.3 Å². The lowest BCUT2D eigenvalue weighted by Gasteiger charge is -2.13. The van der Waals surface area contributed by atoms with Gasteiger partial charge in [-0.3, -0.25) is 4.52 Å². The molecule has 0 amide bonds. The van der Waals surface area contributed by atoms with Crippen molar-refractivity contribution in [1.29, 1.82) is 0 Å². The van der Waals surface area contributed by atoms with E-state index >= 15 is 0 Å². The van der Waals surface area contributed by atoms with E-state index in [0.717, 1.165) is 24.9 Å². The minimum Gasteiger partial charge on any atom is -0.382 e. The standard InChI is InChI=1S/C12H18N5O4P/c13-11-10-12(15-6-14-11)17(7-16-10)9-2-1-8(5-9)3-4-21-22(18,19)20/h6-9H,1-5H2,(H2,13,14,15)(H2,18,19,20)/t8-,9-/m0/s1. The number of aromatic nitrogens is 4. The average Bonchev–Trinajstić information content (AvgIpc) is 3.04. The quantitative estimate of drug-likeness (QED) is 0.698. The molecule has 9 nitrogen and oxygen atoms in total. The first-order chi connectivity index (χ1) is 10.4. The molecule has 1 saturated carbocycles. The number of nitrogens with two attached hydrogens (primary N) is 1. The van der Waals surface area contributed by atoms with Crippen molar-refractivity contribution >= 4 is 24.8 Å². The summed E-state index contributed by atoms with van der Waals surface area (Å²) < 4.78 is 17.2. The van der Waals surface area contributed by atoms with Gasteiger partial charge in [0.15, 0.2) is 11.5 Å². The summed E-state index contributed by atoms with van der Waals surface area (Å²) in [6.07, 6.45) is 6.64. The molecule has 0 saturated heterocycles. The highest BCUT2D eigenvalue weighted by Crippen LogP contribution is 2.40.